The molecule has 0 fully saturated rings. The number of benzene rings is 3. The van der Waals surface area contributed by atoms with Crippen LogP contribution in [0.3, 0.4) is 0 Å². The molecule has 29 heavy (non-hydrogen) atoms. The van der Waals surface area contributed by atoms with Crippen molar-refractivity contribution in [2.75, 3.05) is 23.3 Å². The van der Waals surface area contributed by atoms with Gasteiger partial charge in [-0.15, -0.1) is 0 Å². The molecule has 5 heteroatoms. The molecule has 0 heterocycles. The Morgan fingerprint density at radius 1 is 0.828 bits per heavy atom. The minimum Gasteiger partial charge on any atom is -0.372 e. The number of nitrogens with zero attached hydrogens (tertiary/aromatic N) is 1. The van der Waals surface area contributed by atoms with Crippen molar-refractivity contribution in [1.29, 1.82) is 0 Å². The van der Waals surface area contributed by atoms with Crippen molar-refractivity contribution < 1.29 is 13.2 Å². The Bertz CT molecular complexity index is 1040. The number of hydrogen-bond acceptors (Lipinski definition) is 2. The molecule has 0 saturated heterocycles. The second-order valence-electron chi connectivity index (χ2n) is 7.27. The van der Waals surface area contributed by atoms with Crippen LogP contribution in [0.4, 0.5) is 30.2 Å². The van der Waals surface area contributed by atoms with Gasteiger partial charge in [-0.25, -0.2) is 0 Å². The molecule has 0 aromatic heterocycles. The van der Waals surface area contributed by atoms with Gasteiger partial charge in [0, 0.05) is 30.2 Å². The molecule has 150 valence electrons. The lowest BCUT2D eigenvalue weighted by Gasteiger charge is -2.21. The van der Waals surface area contributed by atoms with Gasteiger partial charge in [-0.3, -0.25) is 0 Å². The summed E-state index contributed by atoms with van der Waals surface area (Å²) in [4.78, 5) is 2.32. The normalized spacial score (nSPS) is 12.4. The SMILES string of the molecule is CCN(CC)c1ccc2c(c1)-c1ccc(Nc3cccc(C(F)(F)F)c3)cc1C2. The predicted octanol–water partition coefficient (Wildman–Crippen LogP) is 6.87. The fourth-order valence-electron chi connectivity index (χ4n) is 3.98. The van der Waals surface area contributed by atoms with Gasteiger partial charge in [0.05, 0.1) is 5.56 Å². The highest BCUT2D eigenvalue weighted by Gasteiger charge is 2.30. The Morgan fingerprint density at radius 3 is 2.31 bits per heavy atom. The van der Waals surface area contributed by atoms with E-state index in [0.717, 1.165) is 37.3 Å². The van der Waals surface area contributed by atoms with Gasteiger partial charge in [-0.1, -0.05) is 18.2 Å². The predicted molar refractivity (Wildman–Crippen MR) is 113 cm³/mol. The van der Waals surface area contributed by atoms with Crippen molar-refractivity contribution >= 4 is 17.1 Å². The van der Waals surface area contributed by atoms with Crippen LogP contribution in [0.15, 0.2) is 60.7 Å². The standard InChI is InChI=1S/C24H23F3N2/c1-3-29(4-2)21-10-8-16-12-17-13-20(9-11-22(17)23(16)15-21)28-19-7-5-6-18(14-19)24(25,26)27/h5-11,13-15,28H,3-4,12H2,1-2H3. The zero-order valence-electron chi connectivity index (χ0n) is 16.5. The molecule has 0 spiro atoms. The minimum atomic E-state index is -4.35. The quantitative estimate of drug-likeness (QED) is 0.396. The summed E-state index contributed by atoms with van der Waals surface area (Å²) in [7, 11) is 0. The largest absolute Gasteiger partial charge is 0.416 e. The molecular weight excluding hydrogens is 373 g/mol. The van der Waals surface area contributed by atoms with Crippen molar-refractivity contribution in [2.45, 2.75) is 26.4 Å². The van der Waals surface area contributed by atoms with E-state index in [1.54, 1.807) is 6.07 Å². The third kappa shape index (κ3) is 3.82. The average molecular weight is 396 g/mol. The molecule has 0 amide bonds. The Morgan fingerprint density at radius 2 is 1.59 bits per heavy atom. The van der Waals surface area contributed by atoms with Crippen LogP contribution in [0.5, 0.6) is 0 Å². The number of alkyl halides is 3. The molecule has 3 aromatic carbocycles. The first-order valence-electron chi connectivity index (χ1n) is 9.84. The molecule has 4 rings (SSSR count). The van der Waals surface area contributed by atoms with E-state index < -0.39 is 11.7 Å². The molecule has 0 saturated carbocycles. The van der Waals surface area contributed by atoms with Gasteiger partial charge in [0.25, 0.3) is 0 Å². The minimum absolute atomic E-state index is 0.430. The van der Waals surface area contributed by atoms with Crippen LogP contribution < -0.4 is 10.2 Å². The average Bonchev–Trinajstić information content (AvgIpc) is 3.06. The number of fused-ring (bicyclic) bond motifs is 3. The van der Waals surface area contributed by atoms with Gasteiger partial charge in [-0.2, -0.15) is 13.2 Å². The maximum absolute atomic E-state index is 12.9. The lowest BCUT2D eigenvalue weighted by molar-refractivity contribution is -0.137. The third-order valence-corrected chi connectivity index (χ3v) is 5.48. The first-order valence-corrected chi connectivity index (χ1v) is 9.84. The molecule has 0 radical (unpaired) electrons. The molecule has 0 bridgehead atoms. The number of anilines is 3. The van der Waals surface area contributed by atoms with Crippen molar-refractivity contribution in [3.05, 3.63) is 77.4 Å². The van der Waals surface area contributed by atoms with Crippen LogP contribution in [0, 0.1) is 0 Å². The fraction of sp³-hybridized carbons (Fsp3) is 0.250. The van der Waals surface area contributed by atoms with Gasteiger partial charge < -0.3 is 10.2 Å². The molecule has 0 unspecified atom stereocenters. The van der Waals surface area contributed by atoms with E-state index in [4.69, 9.17) is 0 Å². The summed E-state index contributed by atoms with van der Waals surface area (Å²) in [5, 5.41) is 3.11. The van der Waals surface area contributed by atoms with Gasteiger partial charge in [0.2, 0.25) is 0 Å². The van der Waals surface area contributed by atoms with E-state index in [9.17, 15) is 13.2 Å². The summed E-state index contributed by atoms with van der Waals surface area (Å²) < 4.78 is 38.8. The van der Waals surface area contributed by atoms with Gasteiger partial charge >= 0.3 is 6.18 Å². The zero-order chi connectivity index (χ0) is 20.6. The highest BCUT2D eigenvalue weighted by Crippen LogP contribution is 2.40. The Hall–Kier alpha value is -2.95. The number of hydrogen-bond donors (Lipinski definition) is 1. The first kappa shape index (κ1) is 19.4. The van der Waals surface area contributed by atoms with Crippen molar-refractivity contribution in [2.24, 2.45) is 0 Å². The fourth-order valence-corrected chi connectivity index (χ4v) is 3.98. The smallest absolute Gasteiger partial charge is 0.372 e. The summed E-state index contributed by atoms with van der Waals surface area (Å²) in [6, 6.07) is 17.9. The monoisotopic (exact) mass is 396 g/mol. The second-order valence-corrected chi connectivity index (χ2v) is 7.27. The van der Waals surface area contributed by atoms with Crippen LogP contribution in [0.2, 0.25) is 0 Å². The van der Waals surface area contributed by atoms with E-state index in [2.05, 4.69) is 48.3 Å². The maximum atomic E-state index is 12.9. The van der Waals surface area contributed by atoms with Crippen molar-refractivity contribution in [1.82, 2.24) is 0 Å². The van der Waals surface area contributed by atoms with E-state index >= 15 is 0 Å². The van der Waals surface area contributed by atoms with Gasteiger partial charge in [-0.05, 0) is 85.0 Å². The lowest BCUT2D eigenvalue weighted by Crippen LogP contribution is -2.21. The lowest BCUT2D eigenvalue weighted by atomic mass is 10.0. The molecular formula is C24H23F3N2. The molecule has 0 aliphatic heterocycles. The Labute approximate surface area is 169 Å². The van der Waals surface area contributed by atoms with Crippen LogP contribution in [-0.4, -0.2) is 13.1 Å². The summed E-state index contributed by atoms with van der Waals surface area (Å²) in [6.07, 6.45) is -3.51. The molecule has 0 atom stereocenters. The van der Waals surface area contributed by atoms with Crippen molar-refractivity contribution in [3.63, 3.8) is 0 Å². The summed E-state index contributed by atoms with van der Waals surface area (Å²) in [5.41, 5.74) is 6.70. The van der Waals surface area contributed by atoms with Gasteiger partial charge in [0.1, 0.15) is 0 Å². The number of halogens is 3. The first-order chi connectivity index (χ1) is 13.9. The summed E-state index contributed by atoms with van der Waals surface area (Å²) in [6.45, 7) is 6.22. The Balaban J connectivity index is 1.61. The van der Waals surface area contributed by atoms with E-state index in [0.29, 0.717) is 5.69 Å². The van der Waals surface area contributed by atoms with Crippen LogP contribution in [-0.2, 0) is 12.6 Å². The van der Waals surface area contributed by atoms with E-state index in [-0.39, 0.29) is 0 Å². The van der Waals surface area contributed by atoms with Crippen LogP contribution in [0.1, 0.15) is 30.5 Å². The molecule has 1 aliphatic rings. The topological polar surface area (TPSA) is 15.3 Å². The van der Waals surface area contributed by atoms with Gasteiger partial charge in [0.15, 0.2) is 0 Å². The van der Waals surface area contributed by atoms with Crippen LogP contribution in [0.25, 0.3) is 11.1 Å². The Kier molecular flexibility index (Phi) is 4.99. The van der Waals surface area contributed by atoms with E-state index in [1.165, 1.54) is 34.0 Å². The molecule has 1 aliphatic carbocycles. The van der Waals surface area contributed by atoms with Crippen molar-refractivity contribution in [3.8, 4) is 11.1 Å². The summed E-state index contributed by atoms with van der Waals surface area (Å²) >= 11 is 0. The second kappa shape index (κ2) is 7.47. The summed E-state index contributed by atoms with van der Waals surface area (Å²) in [5.74, 6) is 0. The number of rotatable bonds is 5. The highest BCUT2D eigenvalue weighted by atomic mass is 19.4. The third-order valence-electron chi connectivity index (χ3n) is 5.48. The maximum Gasteiger partial charge on any atom is 0.416 e. The highest BCUT2D eigenvalue weighted by molar-refractivity contribution is 5.81. The van der Waals surface area contributed by atoms with E-state index in [1.807, 2.05) is 12.1 Å². The van der Waals surface area contributed by atoms with Crippen LogP contribution >= 0.6 is 0 Å². The molecule has 2 nitrogen and oxygen atoms in total. The zero-order valence-corrected chi connectivity index (χ0v) is 16.5. The molecule has 3 aromatic rings. The molecule has 1 N–H and O–H groups in total. The number of nitrogens with one attached hydrogen (secondary N) is 1.